The van der Waals surface area contributed by atoms with Crippen molar-refractivity contribution in [1.29, 1.82) is 5.26 Å². The highest BCUT2D eigenvalue weighted by molar-refractivity contribution is 5.81. The maximum atomic E-state index is 13.3. The summed E-state index contributed by atoms with van der Waals surface area (Å²) >= 11 is 0. The molecule has 29 heavy (non-hydrogen) atoms. The van der Waals surface area contributed by atoms with Crippen LogP contribution in [0.25, 0.3) is 0 Å². The predicted octanol–water partition coefficient (Wildman–Crippen LogP) is -2.74. The second-order valence-electron chi connectivity index (χ2n) is 8.93. The second-order valence-corrected chi connectivity index (χ2v) is 8.93. The van der Waals surface area contributed by atoms with E-state index in [1.54, 1.807) is 0 Å². The number of hydrogen-bond donors (Lipinski definition) is 5. The minimum absolute atomic E-state index is 0.0107. The Bertz CT molecular complexity index is 617. The molecule has 0 aliphatic carbocycles. The van der Waals surface area contributed by atoms with Gasteiger partial charge in [-0.05, 0) is 25.9 Å². The van der Waals surface area contributed by atoms with Gasteiger partial charge in [0.05, 0.1) is 30.4 Å². The number of carbonyl (C=O) groups is 1. The molecule has 6 atom stereocenters. The summed E-state index contributed by atoms with van der Waals surface area (Å²) in [5.41, 5.74) is 9.55. The van der Waals surface area contributed by atoms with Gasteiger partial charge < -0.3 is 21.3 Å². The molecule has 10 nitrogen and oxygen atoms in total. The Morgan fingerprint density at radius 1 is 1.28 bits per heavy atom. The summed E-state index contributed by atoms with van der Waals surface area (Å²) in [6.45, 7) is 7.52. The van der Waals surface area contributed by atoms with E-state index in [2.05, 4.69) is 44.3 Å². The van der Waals surface area contributed by atoms with Crippen LogP contribution in [0.15, 0.2) is 0 Å². The minimum atomic E-state index is -0.424. The monoisotopic (exact) mass is 405 g/mol. The summed E-state index contributed by atoms with van der Waals surface area (Å²) in [4.78, 5) is 18.2. The van der Waals surface area contributed by atoms with E-state index < -0.39 is 6.17 Å². The Balaban J connectivity index is 1.38. The van der Waals surface area contributed by atoms with E-state index in [1.807, 2.05) is 5.01 Å². The molecule has 4 fully saturated rings. The molecule has 0 aromatic rings. The highest BCUT2D eigenvalue weighted by Gasteiger charge is 2.47. The van der Waals surface area contributed by atoms with Gasteiger partial charge in [0, 0.05) is 58.3 Å². The van der Waals surface area contributed by atoms with Gasteiger partial charge in [0.2, 0.25) is 5.91 Å². The van der Waals surface area contributed by atoms with Gasteiger partial charge in [0.1, 0.15) is 0 Å². The van der Waals surface area contributed by atoms with Crippen molar-refractivity contribution in [3.05, 3.63) is 0 Å². The maximum Gasteiger partial charge on any atom is 0.229 e. The topological polar surface area (TPSA) is 125 Å². The quantitative estimate of drug-likeness (QED) is 0.339. The van der Waals surface area contributed by atoms with Crippen LogP contribution in [0.5, 0.6) is 0 Å². The first kappa shape index (κ1) is 20.9. The van der Waals surface area contributed by atoms with Crippen molar-refractivity contribution in [3.8, 4) is 6.07 Å². The van der Waals surface area contributed by atoms with E-state index >= 15 is 0 Å². The lowest BCUT2D eigenvalue weighted by Gasteiger charge is -2.44. The summed E-state index contributed by atoms with van der Waals surface area (Å²) in [5, 5.41) is 21.2. The van der Waals surface area contributed by atoms with Crippen molar-refractivity contribution in [3.63, 3.8) is 0 Å². The van der Waals surface area contributed by atoms with Gasteiger partial charge >= 0.3 is 0 Å². The number of carbonyl (C=O) groups excluding carboxylic acids is 1. The molecule has 0 radical (unpaired) electrons. The van der Waals surface area contributed by atoms with Crippen LogP contribution in [0, 0.1) is 23.2 Å². The summed E-state index contributed by atoms with van der Waals surface area (Å²) in [7, 11) is 2.16. The Kier molecular flexibility index (Phi) is 6.66. The minimum Gasteiger partial charge on any atom is -0.350 e. The first-order valence-corrected chi connectivity index (χ1v) is 10.9. The predicted molar refractivity (Wildman–Crippen MR) is 109 cm³/mol. The first-order chi connectivity index (χ1) is 14.1. The average Bonchev–Trinajstić information content (AvgIpc) is 3.04. The van der Waals surface area contributed by atoms with E-state index in [0.717, 1.165) is 58.8 Å². The summed E-state index contributed by atoms with van der Waals surface area (Å²) in [5.74, 6) is -0.0911. The molecule has 0 aromatic heterocycles. The van der Waals surface area contributed by atoms with Gasteiger partial charge in [-0.3, -0.25) is 15.0 Å². The Morgan fingerprint density at radius 3 is 2.83 bits per heavy atom. The smallest absolute Gasteiger partial charge is 0.229 e. The molecule has 4 aliphatic rings. The number of hydrazine groups is 1. The average molecular weight is 406 g/mol. The molecule has 6 N–H and O–H groups in total. The number of nitrogens with two attached hydrogens (primary N) is 1. The Hall–Kier alpha value is -1.32. The van der Waals surface area contributed by atoms with Gasteiger partial charge in [-0.2, -0.15) is 5.26 Å². The molecule has 0 saturated carbocycles. The van der Waals surface area contributed by atoms with E-state index in [4.69, 9.17) is 11.0 Å². The fourth-order valence-corrected chi connectivity index (χ4v) is 5.21. The number of piperidine rings is 1. The zero-order chi connectivity index (χ0) is 20.4. The van der Waals surface area contributed by atoms with Crippen molar-refractivity contribution in [2.24, 2.45) is 17.6 Å². The molecule has 4 aliphatic heterocycles. The van der Waals surface area contributed by atoms with E-state index in [-0.39, 0.29) is 30.0 Å². The molecule has 4 saturated heterocycles. The van der Waals surface area contributed by atoms with Gasteiger partial charge in [-0.25, -0.2) is 10.4 Å². The molecule has 0 aromatic carbocycles. The number of fused-ring (bicyclic) bond motifs is 1. The molecular formula is C19H35N9O. The molecule has 0 bridgehead atoms. The zero-order valence-corrected chi connectivity index (χ0v) is 17.3. The number of piperazine rings is 1. The molecule has 10 heteroatoms. The number of nitrogens with one attached hydrogen (secondary N) is 4. The lowest BCUT2D eigenvalue weighted by molar-refractivity contribution is -0.128. The summed E-state index contributed by atoms with van der Waals surface area (Å²) in [6.07, 6.45) is 1.00. The van der Waals surface area contributed by atoms with Gasteiger partial charge in [0.15, 0.2) is 0 Å². The molecule has 1 amide bonds. The number of hydrogen-bond acceptors (Lipinski definition) is 9. The molecular weight excluding hydrogens is 370 g/mol. The summed E-state index contributed by atoms with van der Waals surface area (Å²) < 4.78 is 0. The third-order valence-electron chi connectivity index (χ3n) is 6.91. The van der Waals surface area contributed by atoms with Crippen molar-refractivity contribution in [2.75, 3.05) is 59.4 Å². The first-order valence-electron chi connectivity index (χ1n) is 10.9. The molecule has 6 unspecified atom stereocenters. The second kappa shape index (κ2) is 9.22. The van der Waals surface area contributed by atoms with Crippen LogP contribution < -0.4 is 27.1 Å². The third-order valence-corrected chi connectivity index (χ3v) is 6.91. The normalized spacial score (nSPS) is 39.6. The van der Waals surface area contributed by atoms with E-state index in [9.17, 15) is 4.79 Å². The highest BCUT2D eigenvalue weighted by atomic mass is 16.2. The molecule has 0 spiro atoms. The number of nitriles is 1. The van der Waals surface area contributed by atoms with Crippen molar-refractivity contribution in [1.82, 2.24) is 36.2 Å². The van der Waals surface area contributed by atoms with Gasteiger partial charge in [-0.15, -0.1) is 0 Å². The third kappa shape index (κ3) is 4.56. The zero-order valence-electron chi connectivity index (χ0n) is 17.3. The van der Waals surface area contributed by atoms with Crippen molar-refractivity contribution < 1.29 is 4.79 Å². The number of amides is 1. The SMILES string of the molecule is CN1CCN(C2CCNCC2NC(=O)C2C(N)NN3CC(CC#N)CNC23)CC1. The van der Waals surface area contributed by atoms with E-state index in [1.165, 1.54) is 0 Å². The number of likely N-dealkylation sites (N-methyl/N-ethyl adjacent to an activating group) is 1. The Labute approximate surface area is 173 Å². The fourth-order valence-electron chi connectivity index (χ4n) is 5.21. The Morgan fingerprint density at radius 2 is 2.07 bits per heavy atom. The van der Waals surface area contributed by atoms with Crippen LogP contribution in [0.3, 0.4) is 0 Å². The molecule has 162 valence electrons. The molecule has 4 heterocycles. The highest BCUT2D eigenvalue weighted by Crippen LogP contribution is 2.24. The van der Waals surface area contributed by atoms with Crippen LogP contribution in [0.1, 0.15) is 12.8 Å². The van der Waals surface area contributed by atoms with Crippen LogP contribution >= 0.6 is 0 Å². The van der Waals surface area contributed by atoms with Crippen molar-refractivity contribution >= 4 is 5.91 Å². The maximum absolute atomic E-state index is 13.3. The van der Waals surface area contributed by atoms with Gasteiger partial charge in [0.25, 0.3) is 0 Å². The number of rotatable bonds is 4. The van der Waals surface area contributed by atoms with E-state index in [0.29, 0.717) is 12.5 Å². The van der Waals surface area contributed by atoms with Gasteiger partial charge in [-0.1, -0.05) is 0 Å². The van der Waals surface area contributed by atoms with Crippen LogP contribution in [0.2, 0.25) is 0 Å². The van der Waals surface area contributed by atoms with Crippen LogP contribution in [-0.4, -0.2) is 105 Å². The molecule has 4 rings (SSSR count). The standard InChI is InChI=1S/C19H35N9O/c1-26-6-8-27(9-7-26)15-3-5-22-11-14(15)24-19(29)16-17(21)25-28-12-13(2-4-20)10-23-18(16)28/h13-18,22-23,25H,2-3,5-12,21H2,1H3,(H,24,29). The number of nitrogens with zero attached hydrogens (tertiary/aromatic N) is 4. The van der Waals surface area contributed by atoms with Crippen LogP contribution in [-0.2, 0) is 4.79 Å². The largest absolute Gasteiger partial charge is 0.350 e. The lowest BCUT2D eigenvalue weighted by Crippen LogP contribution is -2.64. The fraction of sp³-hybridized carbons (Fsp3) is 0.895. The van der Waals surface area contributed by atoms with Crippen LogP contribution in [0.4, 0.5) is 0 Å². The lowest BCUT2D eigenvalue weighted by atomic mass is 9.95. The summed E-state index contributed by atoms with van der Waals surface area (Å²) in [6, 6.07) is 2.70. The van der Waals surface area contributed by atoms with Crippen molar-refractivity contribution in [2.45, 2.75) is 37.3 Å².